The van der Waals surface area contributed by atoms with Crippen LogP contribution < -0.4 is 14.8 Å². The number of ether oxygens (including phenoxy) is 2. The van der Waals surface area contributed by atoms with Crippen molar-refractivity contribution in [3.63, 3.8) is 0 Å². The molecule has 0 saturated heterocycles. The van der Waals surface area contributed by atoms with Gasteiger partial charge >= 0.3 is 0 Å². The summed E-state index contributed by atoms with van der Waals surface area (Å²) in [6.45, 7) is 13.5. The number of benzene rings is 1. The summed E-state index contributed by atoms with van der Waals surface area (Å²) >= 11 is 6.29. The fraction of sp³-hybridized carbons (Fsp3) is 0.556. The molecule has 1 rings (SSSR count). The molecule has 0 bridgehead atoms. The smallest absolute Gasteiger partial charge is 0.180 e. The molecule has 0 saturated carbocycles. The summed E-state index contributed by atoms with van der Waals surface area (Å²) in [6, 6.07) is 3.88. The number of halogens is 3. The molecule has 7 heteroatoms. The highest BCUT2D eigenvalue weighted by Gasteiger charge is 2.11. The Labute approximate surface area is 169 Å². The van der Waals surface area contributed by atoms with Gasteiger partial charge in [0.2, 0.25) is 0 Å². The van der Waals surface area contributed by atoms with Crippen LogP contribution in [0.3, 0.4) is 0 Å². The predicted molar refractivity (Wildman–Crippen MR) is 112 cm³/mol. The van der Waals surface area contributed by atoms with E-state index >= 15 is 0 Å². The number of hydrogen-bond acceptors (Lipinski definition) is 4. The Kier molecular flexibility index (Phi) is 16.6. The number of hydrogen-bond donors (Lipinski definition) is 1. The van der Waals surface area contributed by atoms with Crippen LogP contribution in [0.2, 0.25) is 5.02 Å². The van der Waals surface area contributed by atoms with Crippen molar-refractivity contribution in [3.05, 3.63) is 35.4 Å². The molecule has 1 aromatic carbocycles. The minimum absolute atomic E-state index is 0. The lowest BCUT2D eigenvalue weighted by Crippen LogP contribution is -2.27. The lowest BCUT2D eigenvalue weighted by molar-refractivity contribution is 0.298. The molecular formula is C18H31Cl3N2O2. The molecule has 0 aliphatic rings. The molecular weight excluding hydrogens is 383 g/mol. The average Bonchev–Trinajstić information content (AvgIpc) is 2.56. The Bertz CT molecular complexity index is 484. The molecule has 1 N–H and O–H groups in total. The molecule has 0 spiro atoms. The molecule has 0 unspecified atom stereocenters. The first-order chi connectivity index (χ1) is 11.2. The highest BCUT2D eigenvalue weighted by Crippen LogP contribution is 2.36. The molecule has 0 radical (unpaired) electrons. The molecule has 4 nitrogen and oxygen atoms in total. The summed E-state index contributed by atoms with van der Waals surface area (Å²) in [4.78, 5) is 2.42. The first-order valence-corrected chi connectivity index (χ1v) is 8.57. The van der Waals surface area contributed by atoms with Crippen LogP contribution in [-0.2, 0) is 6.54 Å². The van der Waals surface area contributed by atoms with Crippen molar-refractivity contribution in [1.82, 2.24) is 10.2 Å². The quantitative estimate of drug-likeness (QED) is 0.402. The summed E-state index contributed by atoms with van der Waals surface area (Å²) in [6.07, 6.45) is 2.81. The third kappa shape index (κ3) is 9.57. The zero-order valence-corrected chi connectivity index (χ0v) is 17.7. The number of nitrogens with one attached hydrogen (secondary N) is 1. The normalized spacial score (nSPS) is 9.96. The van der Waals surface area contributed by atoms with Gasteiger partial charge < -0.3 is 19.7 Å². The first kappa shape index (κ1) is 26.6. The molecule has 1 aromatic rings. The second-order valence-corrected chi connectivity index (χ2v) is 5.67. The Balaban J connectivity index is 0. The first-order valence-electron chi connectivity index (χ1n) is 8.19. The van der Waals surface area contributed by atoms with Crippen LogP contribution in [0.4, 0.5) is 0 Å². The van der Waals surface area contributed by atoms with Crippen LogP contribution in [0.25, 0.3) is 0 Å². The summed E-state index contributed by atoms with van der Waals surface area (Å²) in [5.74, 6) is 1.22. The summed E-state index contributed by atoms with van der Waals surface area (Å²) < 4.78 is 10.9. The highest BCUT2D eigenvalue weighted by molar-refractivity contribution is 6.32. The molecule has 0 fully saturated rings. The van der Waals surface area contributed by atoms with E-state index in [9.17, 15) is 0 Å². The Morgan fingerprint density at radius 3 is 2.48 bits per heavy atom. The van der Waals surface area contributed by atoms with E-state index in [2.05, 4.69) is 30.6 Å². The van der Waals surface area contributed by atoms with E-state index in [1.54, 1.807) is 13.2 Å². The van der Waals surface area contributed by atoms with Gasteiger partial charge in [0.05, 0.1) is 12.1 Å². The standard InChI is InChI=1S/C18H29ClN2O2.2ClH/c1-5-11-23-18-16(19)12-15(13-17(18)22-4)14-20-9-8-10-21(6-2)7-3;;/h5,12-13,20H,1,6-11,14H2,2-4H3;2*1H. The zero-order valence-electron chi connectivity index (χ0n) is 15.3. The van der Waals surface area contributed by atoms with Crippen molar-refractivity contribution in [1.29, 1.82) is 0 Å². The topological polar surface area (TPSA) is 33.7 Å². The minimum atomic E-state index is 0. The SMILES string of the molecule is C=CCOc1c(Cl)cc(CNCCCN(CC)CC)cc1OC.Cl.Cl. The van der Waals surface area contributed by atoms with Gasteiger partial charge in [-0.05, 0) is 50.3 Å². The molecule has 146 valence electrons. The van der Waals surface area contributed by atoms with Crippen LogP contribution in [0, 0.1) is 0 Å². The predicted octanol–water partition coefficient (Wildman–Crippen LogP) is 4.58. The maximum atomic E-state index is 6.29. The average molecular weight is 414 g/mol. The van der Waals surface area contributed by atoms with E-state index in [0.29, 0.717) is 23.1 Å². The fourth-order valence-corrected chi connectivity index (χ4v) is 2.65. The van der Waals surface area contributed by atoms with E-state index in [1.807, 2.05) is 12.1 Å². The third-order valence-corrected chi connectivity index (χ3v) is 3.97. The fourth-order valence-electron chi connectivity index (χ4n) is 2.36. The van der Waals surface area contributed by atoms with Gasteiger partial charge in [0.1, 0.15) is 6.61 Å². The number of methoxy groups -OCH3 is 1. The summed E-state index contributed by atoms with van der Waals surface area (Å²) in [5.41, 5.74) is 1.08. The van der Waals surface area contributed by atoms with E-state index in [-0.39, 0.29) is 24.8 Å². The van der Waals surface area contributed by atoms with Gasteiger partial charge in [0.15, 0.2) is 11.5 Å². The summed E-state index contributed by atoms with van der Waals surface area (Å²) in [7, 11) is 1.62. The lowest BCUT2D eigenvalue weighted by Gasteiger charge is -2.18. The van der Waals surface area contributed by atoms with Gasteiger partial charge in [-0.25, -0.2) is 0 Å². The van der Waals surface area contributed by atoms with Gasteiger partial charge in [0.25, 0.3) is 0 Å². The van der Waals surface area contributed by atoms with E-state index in [4.69, 9.17) is 21.1 Å². The molecule has 0 aliphatic heterocycles. The van der Waals surface area contributed by atoms with E-state index in [1.165, 1.54) is 0 Å². The van der Waals surface area contributed by atoms with Crippen molar-refractivity contribution in [2.24, 2.45) is 0 Å². The van der Waals surface area contributed by atoms with Crippen molar-refractivity contribution in [2.45, 2.75) is 26.8 Å². The van der Waals surface area contributed by atoms with Gasteiger partial charge in [0, 0.05) is 6.54 Å². The van der Waals surface area contributed by atoms with Gasteiger partial charge in [-0.15, -0.1) is 24.8 Å². The molecule has 0 amide bonds. The van der Waals surface area contributed by atoms with Crippen molar-refractivity contribution >= 4 is 36.4 Å². The van der Waals surface area contributed by atoms with Gasteiger partial charge in [-0.1, -0.05) is 38.1 Å². The maximum absolute atomic E-state index is 6.29. The van der Waals surface area contributed by atoms with Crippen molar-refractivity contribution < 1.29 is 9.47 Å². The second kappa shape index (κ2) is 15.6. The molecule has 0 aromatic heterocycles. The molecule has 0 heterocycles. The second-order valence-electron chi connectivity index (χ2n) is 5.27. The maximum Gasteiger partial charge on any atom is 0.180 e. The van der Waals surface area contributed by atoms with Crippen LogP contribution in [0.5, 0.6) is 11.5 Å². The van der Waals surface area contributed by atoms with Crippen LogP contribution in [0.1, 0.15) is 25.8 Å². The largest absolute Gasteiger partial charge is 0.493 e. The van der Waals surface area contributed by atoms with Crippen molar-refractivity contribution in [2.75, 3.05) is 39.9 Å². The number of rotatable bonds is 12. The third-order valence-electron chi connectivity index (χ3n) is 3.69. The zero-order chi connectivity index (χ0) is 17.1. The molecule has 0 atom stereocenters. The monoisotopic (exact) mass is 412 g/mol. The minimum Gasteiger partial charge on any atom is -0.493 e. The van der Waals surface area contributed by atoms with Crippen LogP contribution in [0.15, 0.2) is 24.8 Å². The lowest BCUT2D eigenvalue weighted by atomic mass is 10.2. The summed E-state index contributed by atoms with van der Waals surface area (Å²) in [5, 5.41) is 4.01. The van der Waals surface area contributed by atoms with E-state index in [0.717, 1.165) is 44.7 Å². The van der Waals surface area contributed by atoms with Crippen molar-refractivity contribution in [3.8, 4) is 11.5 Å². The Morgan fingerprint density at radius 1 is 1.24 bits per heavy atom. The van der Waals surface area contributed by atoms with Gasteiger partial charge in [-0.3, -0.25) is 0 Å². The Hall–Kier alpha value is -0.650. The Morgan fingerprint density at radius 2 is 1.92 bits per heavy atom. The van der Waals surface area contributed by atoms with E-state index < -0.39 is 0 Å². The molecule has 25 heavy (non-hydrogen) atoms. The van der Waals surface area contributed by atoms with Gasteiger partial charge in [-0.2, -0.15) is 0 Å². The van der Waals surface area contributed by atoms with Crippen LogP contribution in [-0.4, -0.2) is 44.8 Å². The van der Waals surface area contributed by atoms with Crippen LogP contribution >= 0.6 is 36.4 Å². The number of nitrogens with zero attached hydrogens (tertiary/aromatic N) is 1. The highest BCUT2D eigenvalue weighted by atomic mass is 35.5. The molecule has 0 aliphatic carbocycles.